The number of benzene rings is 1. The third kappa shape index (κ3) is 3.11. The van der Waals surface area contributed by atoms with Crippen LogP contribution in [-0.4, -0.2) is 13.6 Å². The predicted molar refractivity (Wildman–Crippen MR) is 70.7 cm³/mol. The van der Waals surface area contributed by atoms with Crippen LogP contribution in [0.25, 0.3) is 0 Å². The number of halogens is 1. The molecular weight excluding hydrogens is 215 g/mol. The first-order chi connectivity index (χ1) is 8.16. The molecule has 94 valence electrons. The molecule has 1 aliphatic carbocycles. The zero-order chi connectivity index (χ0) is 12.3. The molecule has 2 N–H and O–H groups in total. The van der Waals surface area contributed by atoms with Crippen LogP contribution in [-0.2, 0) is 0 Å². The van der Waals surface area contributed by atoms with Gasteiger partial charge in [0.1, 0.15) is 5.82 Å². The summed E-state index contributed by atoms with van der Waals surface area (Å²) < 4.78 is 13.2. The third-order valence-electron chi connectivity index (χ3n) is 3.75. The second-order valence-electron chi connectivity index (χ2n) is 5.06. The minimum absolute atomic E-state index is 0.220. The quantitative estimate of drug-likeness (QED) is 0.812. The van der Waals surface area contributed by atoms with Crippen LogP contribution in [0.15, 0.2) is 18.2 Å². The normalized spacial score (nSPS) is 16.4. The van der Waals surface area contributed by atoms with E-state index in [1.165, 1.54) is 44.2 Å². The van der Waals surface area contributed by atoms with Crippen LogP contribution in [0.1, 0.15) is 32.1 Å². The maximum absolute atomic E-state index is 13.2. The van der Waals surface area contributed by atoms with Crippen molar-refractivity contribution in [3.8, 4) is 0 Å². The van der Waals surface area contributed by atoms with Crippen molar-refractivity contribution in [2.24, 2.45) is 5.92 Å². The summed E-state index contributed by atoms with van der Waals surface area (Å²) in [6.07, 6.45) is 6.64. The zero-order valence-electron chi connectivity index (χ0n) is 10.5. The molecule has 0 unspecified atom stereocenters. The van der Waals surface area contributed by atoms with Crippen molar-refractivity contribution in [2.45, 2.75) is 32.1 Å². The SMILES string of the molecule is CN(CCC1CCCC1)c1cc(F)ccc1N. The zero-order valence-corrected chi connectivity index (χ0v) is 10.5. The van der Waals surface area contributed by atoms with Crippen LogP contribution >= 0.6 is 0 Å². The molecule has 2 rings (SSSR count). The summed E-state index contributed by atoms with van der Waals surface area (Å²) in [6, 6.07) is 4.56. The summed E-state index contributed by atoms with van der Waals surface area (Å²) in [5.74, 6) is 0.633. The fourth-order valence-corrected chi connectivity index (χ4v) is 2.64. The Morgan fingerprint density at radius 1 is 1.35 bits per heavy atom. The molecule has 0 aromatic heterocycles. The van der Waals surface area contributed by atoms with E-state index in [2.05, 4.69) is 4.90 Å². The molecule has 0 saturated heterocycles. The van der Waals surface area contributed by atoms with E-state index < -0.39 is 0 Å². The molecule has 2 nitrogen and oxygen atoms in total. The molecule has 1 aliphatic rings. The summed E-state index contributed by atoms with van der Waals surface area (Å²) in [5.41, 5.74) is 7.33. The van der Waals surface area contributed by atoms with Gasteiger partial charge in [-0.15, -0.1) is 0 Å². The molecule has 1 fully saturated rings. The Labute approximate surface area is 103 Å². The van der Waals surface area contributed by atoms with Crippen molar-refractivity contribution in [3.05, 3.63) is 24.0 Å². The average molecular weight is 236 g/mol. The molecule has 1 aromatic rings. The second kappa shape index (κ2) is 5.39. The van der Waals surface area contributed by atoms with E-state index in [0.717, 1.165) is 18.2 Å². The van der Waals surface area contributed by atoms with Gasteiger partial charge in [0.15, 0.2) is 0 Å². The summed E-state index contributed by atoms with van der Waals surface area (Å²) in [5, 5.41) is 0. The lowest BCUT2D eigenvalue weighted by Gasteiger charge is -2.22. The number of nitrogens with two attached hydrogens (primary N) is 1. The van der Waals surface area contributed by atoms with Gasteiger partial charge < -0.3 is 10.6 Å². The Morgan fingerprint density at radius 2 is 2.06 bits per heavy atom. The smallest absolute Gasteiger partial charge is 0.125 e. The highest BCUT2D eigenvalue weighted by Crippen LogP contribution is 2.29. The van der Waals surface area contributed by atoms with Crippen LogP contribution in [0, 0.1) is 11.7 Å². The van der Waals surface area contributed by atoms with Gasteiger partial charge in [-0.3, -0.25) is 0 Å². The fraction of sp³-hybridized carbons (Fsp3) is 0.571. The molecule has 17 heavy (non-hydrogen) atoms. The van der Waals surface area contributed by atoms with Crippen LogP contribution in [0.5, 0.6) is 0 Å². The number of hydrogen-bond donors (Lipinski definition) is 1. The number of nitrogen functional groups attached to an aromatic ring is 1. The van der Waals surface area contributed by atoms with E-state index in [4.69, 9.17) is 5.73 Å². The van der Waals surface area contributed by atoms with Crippen molar-refractivity contribution >= 4 is 11.4 Å². The Bertz CT molecular complexity index is 372. The van der Waals surface area contributed by atoms with E-state index >= 15 is 0 Å². The lowest BCUT2D eigenvalue weighted by Crippen LogP contribution is -2.21. The lowest BCUT2D eigenvalue weighted by atomic mass is 10.0. The first-order valence-electron chi connectivity index (χ1n) is 6.43. The van der Waals surface area contributed by atoms with E-state index in [1.54, 1.807) is 6.07 Å². The molecule has 0 bridgehead atoms. The second-order valence-corrected chi connectivity index (χ2v) is 5.06. The standard InChI is InChI=1S/C14H21FN2/c1-17(9-8-11-4-2-3-5-11)14-10-12(15)6-7-13(14)16/h6-7,10-11H,2-5,8-9,16H2,1H3. The van der Waals surface area contributed by atoms with E-state index in [9.17, 15) is 4.39 Å². The van der Waals surface area contributed by atoms with Gasteiger partial charge in [-0.05, 0) is 30.5 Å². The van der Waals surface area contributed by atoms with Gasteiger partial charge in [0, 0.05) is 13.6 Å². The Hall–Kier alpha value is -1.25. The highest BCUT2D eigenvalue weighted by Gasteiger charge is 2.16. The summed E-state index contributed by atoms with van der Waals surface area (Å²) >= 11 is 0. The van der Waals surface area contributed by atoms with Crippen molar-refractivity contribution in [3.63, 3.8) is 0 Å². The van der Waals surface area contributed by atoms with Gasteiger partial charge in [-0.2, -0.15) is 0 Å². The van der Waals surface area contributed by atoms with E-state index in [-0.39, 0.29) is 5.82 Å². The molecule has 0 atom stereocenters. The van der Waals surface area contributed by atoms with Crippen LogP contribution in [0.3, 0.4) is 0 Å². The van der Waals surface area contributed by atoms with Crippen LogP contribution in [0.2, 0.25) is 0 Å². The summed E-state index contributed by atoms with van der Waals surface area (Å²) in [7, 11) is 1.99. The van der Waals surface area contributed by atoms with Gasteiger partial charge in [0.25, 0.3) is 0 Å². The fourth-order valence-electron chi connectivity index (χ4n) is 2.64. The molecule has 3 heteroatoms. The third-order valence-corrected chi connectivity index (χ3v) is 3.75. The monoisotopic (exact) mass is 236 g/mol. The molecule has 0 amide bonds. The molecule has 0 spiro atoms. The molecule has 0 radical (unpaired) electrons. The Morgan fingerprint density at radius 3 is 2.76 bits per heavy atom. The molecule has 0 heterocycles. The number of nitrogens with zero attached hydrogens (tertiary/aromatic N) is 1. The molecule has 1 aromatic carbocycles. The maximum Gasteiger partial charge on any atom is 0.125 e. The van der Waals surface area contributed by atoms with Crippen LogP contribution < -0.4 is 10.6 Å². The topological polar surface area (TPSA) is 29.3 Å². The first kappa shape index (κ1) is 12.2. The van der Waals surface area contributed by atoms with Crippen molar-refractivity contribution in [1.29, 1.82) is 0 Å². The number of rotatable bonds is 4. The average Bonchev–Trinajstić information content (AvgIpc) is 2.82. The Balaban J connectivity index is 1.93. The van der Waals surface area contributed by atoms with Gasteiger partial charge in [0.2, 0.25) is 0 Å². The highest BCUT2D eigenvalue weighted by molar-refractivity contribution is 5.67. The van der Waals surface area contributed by atoms with Crippen molar-refractivity contribution in [1.82, 2.24) is 0 Å². The van der Waals surface area contributed by atoms with E-state index in [0.29, 0.717) is 5.69 Å². The van der Waals surface area contributed by atoms with Crippen molar-refractivity contribution < 1.29 is 4.39 Å². The summed E-state index contributed by atoms with van der Waals surface area (Å²) in [4.78, 5) is 2.07. The van der Waals surface area contributed by atoms with Crippen molar-refractivity contribution in [2.75, 3.05) is 24.2 Å². The van der Waals surface area contributed by atoms with E-state index in [1.807, 2.05) is 7.05 Å². The van der Waals surface area contributed by atoms with Gasteiger partial charge >= 0.3 is 0 Å². The first-order valence-corrected chi connectivity index (χ1v) is 6.43. The number of hydrogen-bond acceptors (Lipinski definition) is 2. The molecule has 1 saturated carbocycles. The van der Waals surface area contributed by atoms with Gasteiger partial charge in [-0.25, -0.2) is 4.39 Å². The summed E-state index contributed by atoms with van der Waals surface area (Å²) in [6.45, 7) is 0.957. The molecule has 0 aliphatic heterocycles. The largest absolute Gasteiger partial charge is 0.397 e. The predicted octanol–water partition coefficient (Wildman–Crippen LogP) is 3.42. The minimum atomic E-state index is -0.220. The molecular formula is C14H21FN2. The number of anilines is 2. The van der Waals surface area contributed by atoms with Gasteiger partial charge in [0.05, 0.1) is 11.4 Å². The maximum atomic E-state index is 13.2. The minimum Gasteiger partial charge on any atom is -0.397 e. The Kier molecular flexibility index (Phi) is 3.87. The highest BCUT2D eigenvalue weighted by atomic mass is 19.1. The lowest BCUT2D eigenvalue weighted by molar-refractivity contribution is 0.505. The van der Waals surface area contributed by atoms with Crippen LogP contribution in [0.4, 0.5) is 15.8 Å². The van der Waals surface area contributed by atoms with Gasteiger partial charge in [-0.1, -0.05) is 25.7 Å².